The van der Waals surface area contributed by atoms with Gasteiger partial charge in [0.05, 0.1) is 27.1 Å². The topological polar surface area (TPSA) is 17.1 Å². The first kappa shape index (κ1) is 27.4. The second-order valence-corrected chi connectivity index (χ2v) is 11.2. The van der Waals surface area contributed by atoms with E-state index in [1.165, 1.54) is 12.8 Å². The Labute approximate surface area is 177 Å². The zero-order valence-electron chi connectivity index (χ0n) is 21.2. The highest BCUT2D eigenvalue weighted by molar-refractivity contribution is 5.65. The molecule has 0 aromatic carbocycles. The molecule has 0 aliphatic rings. The lowest BCUT2D eigenvalue weighted by molar-refractivity contribution is -0.834. The molecule has 0 aromatic rings. The zero-order chi connectivity index (χ0) is 22.2. The van der Waals surface area contributed by atoms with Gasteiger partial charge in [0.25, 0.3) is 0 Å². The molecule has 0 radical (unpaired) electrons. The van der Waals surface area contributed by atoms with Crippen LogP contribution in [0, 0.1) is 22.2 Å². The molecule has 0 N–H and O–H groups in total. The highest BCUT2D eigenvalue weighted by Crippen LogP contribution is 2.47. The first-order chi connectivity index (χ1) is 12.7. The van der Waals surface area contributed by atoms with Gasteiger partial charge in [-0.05, 0) is 54.3 Å². The van der Waals surface area contributed by atoms with Gasteiger partial charge in [0, 0.05) is 0 Å². The fourth-order valence-corrected chi connectivity index (χ4v) is 4.24. The predicted octanol–water partition coefficient (Wildman–Crippen LogP) is 7.63. The Morgan fingerprint density at radius 2 is 1.57 bits per heavy atom. The van der Waals surface area contributed by atoms with E-state index in [2.05, 4.69) is 81.5 Å². The van der Waals surface area contributed by atoms with E-state index >= 15 is 0 Å². The van der Waals surface area contributed by atoms with Crippen LogP contribution in [0.5, 0.6) is 0 Å². The van der Waals surface area contributed by atoms with Crippen LogP contribution < -0.4 is 0 Å². The van der Waals surface area contributed by atoms with Gasteiger partial charge in [0.1, 0.15) is 0 Å². The number of amides is 1. The summed E-state index contributed by atoms with van der Waals surface area (Å²) in [5, 5.41) is 0. The lowest BCUT2D eigenvalue weighted by atomic mass is 9.61. The molecule has 1 amide bonds. The van der Waals surface area contributed by atoms with Gasteiger partial charge in [-0.2, -0.15) is 0 Å². The first-order valence-electron chi connectivity index (χ1n) is 11.7. The van der Waals surface area contributed by atoms with Gasteiger partial charge < -0.3 is 0 Å². The molecule has 0 heterocycles. The molecule has 166 valence electrons. The van der Waals surface area contributed by atoms with Crippen LogP contribution in [0.3, 0.4) is 0 Å². The molecule has 3 unspecified atom stereocenters. The zero-order valence-corrected chi connectivity index (χ0v) is 21.2. The van der Waals surface area contributed by atoms with E-state index in [-0.39, 0.29) is 10.8 Å². The van der Waals surface area contributed by atoms with Crippen molar-refractivity contribution in [3.8, 4) is 0 Å². The van der Waals surface area contributed by atoms with Crippen LogP contribution in [-0.2, 0) is 4.79 Å². The summed E-state index contributed by atoms with van der Waals surface area (Å²) >= 11 is 0. The number of carbonyl (C=O) groups excluding carboxylic acids is 1. The van der Waals surface area contributed by atoms with Gasteiger partial charge in [0.15, 0.2) is 0 Å². The summed E-state index contributed by atoms with van der Waals surface area (Å²) in [5.41, 5.74) is 0.822. The molecule has 0 aliphatic heterocycles. The van der Waals surface area contributed by atoms with Gasteiger partial charge in [-0.15, -0.1) is 0 Å². The summed E-state index contributed by atoms with van der Waals surface area (Å²) in [7, 11) is 2.11. The lowest BCUT2D eigenvalue weighted by Gasteiger charge is -2.44. The Morgan fingerprint density at radius 1 is 1.00 bits per heavy atom. The van der Waals surface area contributed by atoms with E-state index in [0.29, 0.717) is 21.7 Å². The SMILES string of the molecule is CCC[N+](C)(CCC(C)CC(C)(C)C(C)(C=CCC(C)(C)CC)CC)C(C)=O. The molecule has 0 rings (SSSR count). The monoisotopic (exact) mass is 394 g/mol. The van der Waals surface area contributed by atoms with Crippen molar-refractivity contribution < 1.29 is 9.28 Å². The van der Waals surface area contributed by atoms with Crippen LogP contribution in [0.15, 0.2) is 12.2 Å². The van der Waals surface area contributed by atoms with Crippen LogP contribution in [0.1, 0.15) is 108 Å². The summed E-state index contributed by atoms with van der Waals surface area (Å²) < 4.78 is 0.582. The molecule has 0 saturated carbocycles. The highest BCUT2D eigenvalue weighted by Gasteiger charge is 2.39. The van der Waals surface area contributed by atoms with E-state index in [1.54, 1.807) is 6.92 Å². The quantitative estimate of drug-likeness (QED) is 0.232. The average molecular weight is 395 g/mol. The number of carbonyl (C=O) groups is 1. The molecule has 28 heavy (non-hydrogen) atoms. The number of quaternary nitrogens is 1. The smallest absolute Gasteiger partial charge is 0.263 e. The van der Waals surface area contributed by atoms with Crippen molar-refractivity contribution in [1.29, 1.82) is 0 Å². The van der Waals surface area contributed by atoms with Crippen molar-refractivity contribution in [2.45, 2.75) is 108 Å². The van der Waals surface area contributed by atoms with Gasteiger partial charge in [0.2, 0.25) is 0 Å². The van der Waals surface area contributed by atoms with Gasteiger partial charge in [-0.25, -0.2) is 4.79 Å². The molecule has 0 aliphatic carbocycles. The highest BCUT2D eigenvalue weighted by atomic mass is 16.2. The van der Waals surface area contributed by atoms with Gasteiger partial charge in [-0.3, -0.25) is 4.48 Å². The van der Waals surface area contributed by atoms with Crippen LogP contribution in [-0.4, -0.2) is 30.5 Å². The predicted molar refractivity (Wildman–Crippen MR) is 125 cm³/mol. The molecular formula is C26H52NO+. The summed E-state index contributed by atoms with van der Waals surface area (Å²) in [5.74, 6) is 0.920. The summed E-state index contributed by atoms with van der Waals surface area (Å²) in [4.78, 5) is 12.1. The Kier molecular flexibility index (Phi) is 10.7. The molecule has 0 bridgehead atoms. The summed E-state index contributed by atoms with van der Waals surface area (Å²) in [6, 6.07) is 0. The maximum atomic E-state index is 12.1. The van der Waals surface area contributed by atoms with E-state index in [4.69, 9.17) is 0 Å². The number of hydrogen-bond donors (Lipinski definition) is 0. The maximum Gasteiger partial charge on any atom is 0.310 e. The van der Waals surface area contributed by atoms with Crippen LogP contribution in [0.25, 0.3) is 0 Å². The van der Waals surface area contributed by atoms with E-state index in [0.717, 1.165) is 38.8 Å². The van der Waals surface area contributed by atoms with E-state index in [1.807, 2.05) is 0 Å². The third-order valence-electron chi connectivity index (χ3n) is 7.85. The van der Waals surface area contributed by atoms with Crippen LogP contribution in [0.4, 0.5) is 0 Å². The van der Waals surface area contributed by atoms with Crippen molar-refractivity contribution in [3.05, 3.63) is 12.2 Å². The van der Waals surface area contributed by atoms with E-state index < -0.39 is 0 Å². The third-order valence-corrected chi connectivity index (χ3v) is 7.85. The Bertz CT molecular complexity index is 505. The number of hydrogen-bond acceptors (Lipinski definition) is 1. The minimum atomic E-state index is 0.202. The Morgan fingerprint density at radius 3 is 2.00 bits per heavy atom. The molecule has 0 fully saturated rings. The normalized spacial score (nSPS) is 18.7. The van der Waals surface area contributed by atoms with Crippen molar-refractivity contribution in [3.63, 3.8) is 0 Å². The molecule has 3 atom stereocenters. The molecule has 2 nitrogen and oxygen atoms in total. The first-order valence-corrected chi connectivity index (χ1v) is 11.7. The maximum absolute atomic E-state index is 12.1. The molecule has 0 saturated heterocycles. The minimum Gasteiger partial charge on any atom is -0.263 e. The number of allylic oxidation sites excluding steroid dienone is 2. The fourth-order valence-electron chi connectivity index (χ4n) is 4.24. The Hall–Kier alpha value is -0.630. The molecular weight excluding hydrogens is 342 g/mol. The molecule has 0 spiro atoms. The average Bonchev–Trinajstić information content (AvgIpc) is 2.59. The number of nitrogens with zero attached hydrogens (tertiary/aromatic N) is 1. The second-order valence-electron chi connectivity index (χ2n) is 11.2. The largest absolute Gasteiger partial charge is 0.310 e. The van der Waals surface area contributed by atoms with Crippen molar-refractivity contribution in [1.82, 2.24) is 0 Å². The minimum absolute atomic E-state index is 0.202. The fraction of sp³-hybridized carbons (Fsp3) is 0.885. The van der Waals surface area contributed by atoms with Gasteiger partial charge >= 0.3 is 5.91 Å². The summed E-state index contributed by atoms with van der Waals surface area (Å²) in [6.07, 6.45) is 11.8. The van der Waals surface area contributed by atoms with Crippen molar-refractivity contribution in [2.24, 2.45) is 22.2 Å². The standard InChI is InChI=1S/C26H52NO/c1-12-19-27(11,23(5)28)20-16-22(4)21-25(8,9)26(10,14-3)18-15-17-24(6,7)13-2/h15,18,22H,12-14,16-17,19-21H2,1-11H3/q+1. The van der Waals surface area contributed by atoms with E-state index in [9.17, 15) is 4.79 Å². The Balaban J connectivity index is 5.09. The van der Waals surface area contributed by atoms with Crippen LogP contribution >= 0.6 is 0 Å². The lowest BCUT2D eigenvalue weighted by Crippen LogP contribution is -2.49. The number of rotatable bonds is 13. The van der Waals surface area contributed by atoms with Gasteiger partial charge in [-0.1, -0.05) is 80.9 Å². The second kappa shape index (κ2) is 11.0. The van der Waals surface area contributed by atoms with Crippen molar-refractivity contribution in [2.75, 3.05) is 20.1 Å². The summed E-state index contributed by atoms with van der Waals surface area (Å²) in [6.45, 7) is 24.8. The van der Waals surface area contributed by atoms with Crippen molar-refractivity contribution >= 4 is 5.91 Å². The van der Waals surface area contributed by atoms with Crippen LogP contribution in [0.2, 0.25) is 0 Å². The molecule has 0 aromatic heterocycles. The third kappa shape index (κ3) is 8.01. The molecule has 2 heteroatoms.